The van der Waals surface area contributed by atoms with E-state index in [1.54, 1.807) is 0 Å². The van der Waals surface area contributed by atoms with Crippen LogP contribution < -0.4 is 11.0 Å². The van der Waals surface area contributed by atoms with Gasteiger partial charge in [-0.3, -0.25) is 15.2 Å². The third-order valence-corrected chi connectivity index (χ3v) is 2.69. The lowest BCUT2D eigenvalue weighted by molar-refractivity contribution is -0.0726. The molecule has 5 nitrogen and oxygen atoms in total. The van der Waals surface area contributed by atoms with Crippen LogP contribution in [0.1, 0.15) is 80.1 Å². The van der Waals surface area contributed by atoms with Crippen molar-refractivity contribution < 1.29 is 14.5 Å². The average Bonchev–Trinajstić information content (AvgIpc) is 2.37. The number of hydrogen-bond donors (Lipinski definition) is 2. The second-order valence-electron chi connectivity index (χ2n) is 7.52. The van der Waals surface area contributed by atoms with Crippen molar-refractivity contribution in [1.82, 2.24) is 11.0 Å². The average molecular weight is 314 g/mol. The Labute approximate surface area is 135 Å². The van der Waals surface area contributed by atoms with Gasteiger partial charge in [-0.15, -0.1) is 0 Å². The highest BCUT2D eigenvalue weighted by Gasteiger charge is 2.11. The number of hydrogen-bond acceptors (Lipinski definition) is 5. The Balaban J connectivity index is 3.50. The van der Waals surface area contributed by atoms with Crippen molar-refractivity contribution >= 4 is 5.94 Å². The SMILES string of the molecule is CC(C)(C)ONCCCCCCCC(=C=O)NOC(C)(C)C. The molecule has 0 atom stereocenters. The molecule has 130 valence electrons. The van der Waals surface area contributed by atoms with Crippen molar-refractivity contribution in [3.05, 3.63) is 5.70 Å². The first kappa shape index (κ1) is 21.1. The van der Waals surface area contributed by atoms with Gasteiger partial charge in [-0.1, -0.05) is 19.3 Å². The van der Waals surface area contributed by atoms with E-state index < -0.39 is 0 Å². The number of hydroxylamine groups is 2. The first-order valence-electron chi connectivity index (χ1n) is 8.23. The highest BCUT2D eigenvalue weighted by atomic mass is 16.7. The molecule has 22 heavy (non-hydrogen) atoms. The Morgan fingerprint density at radius 1 is 0.864 bits per heavy atom. The van der Waals surface area contributed by atoms with Gasteiger partial charge in [0.2, 0.25) is 0 Å². The topological polar surface area (TPSA) is 59.6 Å². The Hall–Kier alpha value is -0.870. The normalized spacial score (nSPS) is 12.1. The maximum Gasteiger partial charge on any atom is 0.147 e. The van der Waals surface area contributed by atoms with E-state index in [0.717, 1.165) is 38.6 Å². The Kier molecular flexibility index (Phi) is 10.4. The molecular formula is C17H34N2O3. The van der Waals surface area contributed by atoms with Crippen molar-refractivity contribution in [1.29, 1.82) is 0 Å². The van der Waals surface area contributed by atoms with Gasteiger partial charge in [-0.25, -0.2) is 10.3 Å². The summed E-state index contributed by atoms with van der Waals surface area (Å²) in [6.45, 7) is 12.7. The van der Waals surface area contributed by atoms with E-state index in [0.29, 0.717) is 12.1 Å². The largest absolute Gasteiger partial charge is 0.296 e. The molecule has 0 unspecified atom stereocenters. The summed E-state index contributed by atoms with van der Waals surface area (Å²) in [7, 11) is 0. The molecule has 0 aromatic rings. The van der Waals surface area contributed by atoms with Crippen LogP contribution in [0, 0.1) is 0 Å². The van der Waals surface area contributed by atoms with Gasteiger partial charge in [-0.2, -0.15) is 0 Å². The smallest absolute Gasteiger partial charge is 0.147 e. The first-order chi connectivity index (χ1) is 10.1. The van der Waals surface area contributed by atoms with E-state index in [1.807, 2.05) is 47.5 Å². The van der Waals surface area contributed by atoms with Gasteiger partial charge in [0.1, 0.15) is 11.6 Å². The van der Waals surface area contributed by atoms with Crippen molar-refractivity contribution in [2.75, 3.05) is 6.54 Å². The zero-order valence-electron chi connectivity index (χ0n) is 15.2. The van der Waals surface area contributed by atoms with Crippen LogP contribution in [0.15, 0.2) is 5.70 Å². The maximum atomic E-state index is 10.8. The van der Waals surface area contributed by atoms with Crippen LogP contribution >= 0.6 is 0 Å². The van der Waals surface area contributed by atoms with Gasteiger partial charge in [0.25, 0.3) is 0 Å². The molecule has 0 spiro atoms. The van der Waals surface area contributed by atoms with Crippen molar-refractivity contribution in [2.45, 2.75) is 91.3 Å². The molecule has 0 saturated carbocycles. The van der Waals surface area contributed by atoms with Crippen LogP contribution in [0.2, 0.25) is 0 Å². The van der Waals surface area contributed by atoms with E-state index >= 15 is 0 Å². The first-order valence-corrected chi connectivity index (χ1v) is 8.23. The number of allylic oxidation sites excluding steroid dienone is 1. The monoisotopic (exact) mass is 314 g/mol. The van der Waals surface area contributed by atoms with Crippen molar-refractivity contribution in [2.24, 2.45) is 0 Å². The molecule has 0 aliphatic rings. The molecule has 0 aliphatic heterocycles. The van der Waals surface area contributed by atoms with Gasteiger partial charge in [0, 0.05) is 13.0 Å². The number of nitrogens with one attached hydrogen (secondary N) is 2. The van der Waals surface area contributed by atoms with E-state index in [-0.39, 0.29) is 11.2 Å². The van der Waals surface area contributed by atoms with Gasteiger partial charge in [-0.05, 0) is 54.4 Å². The minimum Gasteiger partial charge on any atom is -0.296 e. The molecule has 0 aliphatic carbocycles. The van der Waals surface area contributed by atoms with E-state index in [4.69, 9.17) is 9.68 Å². The molecule has 0 heterocycles. The van der Waals surface area contributed by atoms with E-state index in [1.165, 1.54) is 0 Å². The van der Waals surface area contributed by atoms with E-state index in [2.05, 4.69) is 11.0 Å². The van der Waals surface area contributed by atoms with E-state index in [9.17, 15) is 4.79 Å². The summed E-state index contributed by atoms with van der Waals surface area (Å²) in [6, 6.07) is 0. The fourth-order valence-corrected chi connectivity index (χ4v) is 1.63. The molecule has 0 saturated heterocycles. The molecule has 0 rings (SSSR count). The highest BCUT2D eigenvalue weighted by Crippen LogP contribution is 2.10. The Morgan fingerprint density at radius 2 is 1.41 bits per heavy atom. The molecule has 5 heteroatoms. The van der Waals surface area contributed by atoms with Crippen LogP contribution in [-0.2, 0) is 14.5 Å². The third-order valence-electron chi connectivity index (χ3n) is 2.69. The minimum absolute atomic E-state index is 0.139. The van der Waals surface area contributed by atoms with Crippen LogP contribution in [0.5, 0.6) is 0 Å². The fraction of sp³-hybridized carbons (Fsp3) is 0.882. The number of unbranched alkanes of at least 4 members (excludes halogenated alkanes) is 4. The number of carbonyl (C=O) groups excluding carboxylic acids is 1. The summed E-state index contributed by atoms with van der Waals surface area (Å²) >= 11 is 0. The molecule has 0 aromatic heterocycles. The summed E-state index contributed by atoms with van der Waals surface area (Å²) in [5, 5.41) is 0. The van der Waals surface area contributed by atoms with Gasteiger partial charge in [0.05, 0.1) is 11.2 Å². The minimum atomic E-state index is -0.315. The Bertz CT molecular complexity index is 337. The molecule has 0 aromatic carbocycles. The van der Waals surface area contributed by atoms with Gasteiger partial charge in [0.15, 0.2) is 0 Å². The quantitative estimate of drug-likeness (QED) is 0.346. The van der Waals surface area contributed by atoms with Crippen molar-refractivity contribution in [3.63, 3.8) is 0 Å². The summed E-state index contributed by atoms with van der Waals surface area (Å²) in [5.41, 5.74) is 5.74. The summed E-state index contributed by atoms with van der Waals surface area (Å²) in [5.74, 6) is 1.91. The second kappa shape index (κ2) is 10.8. The lowest BCUT2D eigenvalue weighted by atomic mass is 10.1. The predicted octanol–water partition coefficient (Wildman–Crippen LogP) is 3.68. The lowest BCUT2D eigenvalue weighted by Crippen LogP contribution is -2.29. The molecule has 2 N–H and O–H groups in total. The lowest BCUT2D eigenvalue weighted by Gasteiger charge is -2.20. The van der Waals surface area contributed by atoms with Crippen LogP contribution in [0.25, 0.3) is 0 Å². The summed E-state index contributed by atoms with van der Waals surface area (Å²) in [6.07, 6.45) is 6.17. The molecule has 0 amide bonds. The molecule has 0 bridgehead atoms. The standard InChI is InChI=1S/C17H34N2O3/c1-16(2,3)21-18-13-11-9-7-8-10-12-15(14-20)19-22-17(4,5)6/h18-19H,7-13H2,1-6H3. The molecular weight excluding hydrogens is 280 g/mol. The van der Waals surface area contributed by atoms with Crippen LogP contribution in [0.3, 0.4) is 0 Å². The molecule has 0 fully saturated rings. The van der Waals surface area contributed by atoms with Gasteiger partial charge >= 0.3 is 0 Å². The Morgan fingerprint density at radius 3 is 1.95 bits per heavy atom. The predicted molar refractivity (Wildman–Crippen MR) is 89.7 cm³/mol. The second-order valence-corrected chi connectivity index (χ2v) is 7.52. The highest BCUT2D eigenvalue weighted by molar-refractivity contribution is 5.50. The third kappa shape index (κ3) is 15.5. The summed E-state index contributed by atoms with van der Waals surface area (Å²) < 4.78 is 0. The maximum absolute atomic E-state index is 10.8. The molecule has 0 radical (unpaired) electrons. The summed E-state index contributed by atoms with van der Waals surface area (Å²) in [4.78, 5) is 21.6. The number of rotatable bonds is 11. The van der Waals surface area contributed by atoms with Crippen LogP contribution in [-0.4, -0.2) is 23.7 Å². The fourth-order valence-electron chi connectivity index (χ4n) is 1.63. The zero-order valence-corrected chi connectivity index (χ0v) is 15.2. The van der Waals surface area contributed by atoms with Crippen LogP contribution in [0.4, 0.5) is 0 Å². The van der Waals surface area contributed by atoms with Gasteiger partial charge < -0.3 is 0 Å². The zero-order chi connectivity index (χ0) is 17.1. The van der Waals surface area contributed by atoms with Crippen molar-refractivity contribution in [3.8, 4) is 0 Å².